The second kappa shape index (κ2) is 4.66. The van der Waals surface area contributed by atoms with E-state index >= 15 is 0 Å². The van der Waals surface area contributed by atoms with Crippen molar-refractivity contribution in [3.63, 3.8) is 0 Å². The fraction of sp³-hybridized carbons (Fsp3) is 0.182. The van der Waals surface area contributed by atoms with Crippen molar-refractivity contribution in [3.05, 3.63) is 33.3 Å². The molecule has 0 saturated carbocycles. The molecule has 0 fully saturated rings. The molecule has 2 rings (SSSR count). The zero-order chi connectivity index (χ0) is 11.7. The predicted octanol–water partition coefficient (Wildman–Crippen LogP) is 4.63. The van der Waals surface area contributed by atoms with Gasteiger partial charge in [0.25, 0.3) is 0 Å². The van der Waals surface area contributed by atoms with E-state index in [1.54, 1.807) is 6.07 Å². The average Bonchev–Trinajstić information content (AvgIpc) is 2.27. The maximum atomic E-state index is 6.08. The summed E-state index contributed by atoms with van der Waals surface area (Å²) < 4.78 is 0. The Balaban J connectivity index is 2.69. The van der Waals surface area contributed by atoms with Gasteiger partial charge in [0.15, 0.2) is 0 Å². The Morgan fingerprint density at radius 3 is 2.62 bits per heavy atom. The van der Waals surface area contributed by atoms with Crippen molar-refractivity contribution >= 4 is 51.5 Å². The molecule has 1 N–H and O–H groups in total. The highest BCUT2D eigenvalue weighted by atomic mass is 35.5. The minimum atomic E-state index is 0.442. The fourth-order valence-electron chi connectivity index (χ4n) is 1.47. The lowest BCUT2D eigenvalue weighted by molar-refractivity contribution is 1.17. The molecule has 1 heterocycles. The zero-order valence-electron chi connectivity index (χ0n) is 8.52. The summed E-state index contributed by atoms with van der Waals surface area (Å²) in [7, 11) is 0. The quantitative estimate of drug-likeness (QED) is 0.809. The van der Waals surface area contributed by atoms with Crippen LogP contribution in [0.4, 0.5) is 5.82 Å². The van der Waals surface area contributed by atoms with E-state index in [1.807, 2.05) is 19.1 Å². The second-order valence-electron chi connectivity index (χ2n) is 3.28. The highest BCUT2D eigenvalue weighted by Gasteiger charge is 2.09. The molecule has 0 spiro atoms. The van der Waals surface area contributed by atoms with Crippen LogP contribution in [0.3, 0.4) is 0 Å². The monoisotopic (exact) mass is 274 g/mol. The van der Waals surface area contributed by atoms with Crippen LogP contribution in [0.2, 0.25) is 15.1 Å². The van der Waals surface area contributed by atoms with Gasteiger partial charge in [-0.1, -0.05) is 34.8 Å². The molecule has 0 aliphatic heterocycles. The lowest BCUT2D eigenvalue weighted by atomic mass is 10.2. The maximum absolute atomic E-state index is 6.08. The molecule has 0 radical (unpaired) electrons. The van der Waals surface area contributed by atoms with Gasteiger partial charge in [0.1, 0.15) is 5.82 Å². The molecule has 84 valence electrons. The molecule has 2 aromatic rings. The van der Waals surface area contributed by atoms with E-state index in [0.29, 0.717) is 20.6 Å². The third-order valence-corrected chi connectivity index (χ3v) is 3.27. The first-order chi connectivity index (χ1) is 7.63. The molecular formula is C11H9Cl3N2. The molecule has 0 saturated heterocycles. The van der Waals surface area contributed by atoms with Crippen LogP contribution < -0.4 is 5.32 Å². The molecule has 0 amide bonds. The number of halogens is 3. The Labute approximate surface area is 109 Å². The Bertz CT molecular complexity index is 540. The molecule has 1 aromatic heterocycles. The van der Waals surface area contributed by atoms with Gasteiger partial charge in [0.2, 0.25) is 0 Å². The number of rotatable bonds is 2. The van der Waals surface area contributed by atoms with E-state index in [-0.39, 0.29) is 0 Å². The standard InChI is InChI=1S/C11H9Cl3N2/c1-2-15-9-4-3-6-10(14)7(12)5-8(13)11(6)16-9/h3-5H,2H2,1H3,(H,15,16). The zero-order valence-corrected chi connectivity index (χ0v) is 10.8. The Morgan fingerprint density at radius 2 is 1.94 bits per heavy atom. The smallest absolute Gasteiger partial charge is 0.126 e. The summed E-state index contributed by atoms with van der Waals surface area (Å²) in [6.07, 6.45) is 0. The summed E-state index contributed by atoms with van der Waals surface area (Å²) in [6, 6.07) is 5.32. The third kappa shape index (κ3) is 2.05. The molecule has 2 nitrogen and oxygen atoms in total. The number of aromatic nitrogens is 1. The number of benzene rings is 1. The Kier molecular flexibility index (Phi) is 3.43. The van der Waals surface area contributed by atoms with Gasteiger partial charge >= 0.3 is 0 Å². The van der Waals surface area contributed by atoms with Crippen molar-refractivity contribution < 1.29 is 0 Å². The second-order valence-corrected chi connectivity index (χ2v) is 4.47. The molecule has 0 atom stereocenters. The van der Waals surface area contributed by atoms with Crippen molar-refractivity contribution in [2.45, 2.75) is 6.92 Å². The van der Waals surface area contributed by atoms with E-state index in [2.05, 4.69) is 10.3 Å². The predicted molar refractivity (Wildman–Crippen MR) is 70.9 cm³/mol. The van der Waals surface area contributed by atoms with Crippen LogP contribution in [-0.2, 0) is 0 Å². The lowest BCUT2D eigenvalue weighted by Crippen LogP contribution is -1.99. The Morgan fingerprint density at radius 1 is 1.19 bits per heavy atom. The van der Waals surface area contributed by atoms with Crippen molar-refractivity contribution in [2.75, 3.05) is 11.9 Å². The highest BCUT2D eigenvalue weighted by Crippen LogP contribution is 2.35. The first kappa shape index (κ1) is 11.8. The summed E-state index contributed by atoms with van der Waals surface area (Å²) >= 11 is 18.1. The average molecular weight is 276 g/mol. The normalized spacial score (nSPS) is 10.8. The SMILES string of the molecule is CCNc1ccc2c(Cl)c(Cl)cc(Cl)c2n1. The number of hydrogen-bond donors (Lipinski definition) is 1. The first-order valence-corrected chi connectivity index (χ1v) is 5.95. The van der Waals surface area contributed by atoms with Crippen LogP contribution in [0.25, 0.3) is 10.9 Å². The molecule has 5 heteroatoms. The van der Waals surface area contributed by atoms with Crippen molar-refractivity contribution in [2.24, 2.45) is 0 Å². The van der Waals surface area contributed by atoms with E-state index < -0.39 is 0 Å². The van der Waals surface area contributed by atoms with Gasteiger partial charge < -0.3 is 5.32 Å². The lowest BCUT2D eigenvalue weighted by Gasteiger charge is -2.07. The summed E-state index contributed by atoms with van der Waals surface area (Å²) in [5, 5.41) is 5.31. The van der Waals surface area contributed by atoms with Gasteiger partial charge in [-0.05, 0) is 25.1 Å². The van der Waals surface area contributed by atoms with Crippen LogP contribution in [-0.4, -0.2) is 11.5 Å². The topological polar surface area (TPSA) is 24.9 Å². The van der Waals surface area contributed by atoms with Crippen molar-refractivity contribution in [1.29, 1.82) is 0 Å². The van der Waals surface area contributed by atoms with Crippen LogP contribution in [0.5, 0.6) is 0 Å². The van der Waals surface area contributed by atoms with Gasteiger partial charge in [0.05, 0.1) is 20.6 Å². The van der Waals surface area contributed by atoms with Crippen LogP contribution in [0.15, 0.2) is 18.2 Å². The van der Waals surface area contributed by atoms with Crippen LogP contribution >= 0.6 is 34.8 Å². The summed E-state index contributed by atoms with van der Waals surface area (Å²) in [5.41, 5.74) is 0.662. The molecular weight excluding hydrogens is 266 g/mol. The minimum Gasteiger partial charge on any atom is -0.370 e. The first-order valence-electron chi connectivity index (χ1n) is 4.81. The van der Waals surface area contributed by atoms with E-state index in [4.69, 9.17) is 34.8 Å². The van der Waals surface area contributed by atoms with Crippen LogP contribution in [0, 0.1) is 0 Å². The largest absolute Gasteiger partial charge is 0.370 e. The maximum Gasteiger partial charge on any atom is 0.126 e. The molecule has 0 bridgehead atoms. The number of hydrogen-bond acceptors (Lipinski definition) is 2. The molecule has 16 heavy (non-hydrogen) atoms. The fourth-order valence-corrected chi connectivity index (χ4v) is 2.20. The third-order valence-electron chi connectivity index (χ3n) is 2.18. The van der Waals surface area contributed by atoms with Gasteiger partial charge in [-0.25, -0.2) is 4.98 Å². The number of nitrogens with one attached hydrogen (secondary N) is 1. The van der Waals surface area contributed by atoms with Gasteiger partial charge in [-0.3, -0.25) is 0 Å². The van der Waals surface area contributed by atoms with Gasteiger partial charge in [-0.15, -0.1) is 0 Å². The summed E-state index contributed by atoms with van der Waals surface area (Å²) in [5.74, 6) is 0.773. The number of anilines is 1. The molecule has 0 unspecified atom stereocenters. The highest BCUT2D eigenvalue weighted by molar-refractivity contribution is 6.47. The number of nitrogens with zero attached hydrogens (tertiary/aromatic N) is 1. The molecule has 1 aromatic carbocycles. The minimum absolute atomic E-state index is 0.442. The van der Waals surface area contributed by atoms with Gasteiger partial charge in [-0.2, -0.15) is 0 Å². The Hall–Kier alpha value is -0.700. The summed E-state index contributed by atoms with van der Waals surface area (Å²) in [6.45, 7) is 2.81. The van der Waals surface area contributed by atoms with Crippen molar-refractivity contribution in [3.8, 4) is 0 Å². The van der Waals surface area contributed by atoms with E-state index in [1.165, 1.54) is 0 Å². The van der Waals surface area contributed by atoms with E-state index in [9.17, 15) is 0 Å². The van der Waals surface area contributed by atoms with Gasteiger partial charge in [0, 0.05) is 11.9 Å². The molecule has 0 aliphatic rings. The van der Waals surface area contributed by atoms with E-state index in [0.717, 1.165) is 17.7 Å². The summed E-state index contributed by atoms with van der Waals surface area (Å²) in [4.78, 5) is 4.38. The number of fused-ring (bicyclic) bond motifs is 1. The van der Waals surface area contributed by atoms with Crippen LogP contribution in [0.1, 0.15) is 6.92 Å². The number of pyridine rings is 1. The molecule has 0 aliphatic carbocycles. The van der Waals surface area contributed by atoms with Crippen molar-refractivity contribution in [1.82, 2.24) is 4.98 Å².